The summed E-state index contributed by atoms with van der Waals surface area (Å²) in [6.45, 7) is 4.13. The number of esters is 1. The zero-order valence-electron chi connectivity index (χ0n) is 22.4. The van der Waals surface area contributed by atoms with E-state index in [1.54, 1.807) is 6.08 Å². The first-order valence-corrected chi connectivity index (χ1v) is 13.4. The Morgan fingerprint density at radius 2 is 1.35 bits per heavy atom. The summed E-state index contributed by atoms with van der Waals surface area (Å²) in [6.07, 6.45) is 4.23. The standard InChI is InChI=1S/C35H31N3O2/c1-3-31-36-30(24-34(33(39)40-2)32(37-34)26-16-8-4-9-17-26)25-38(31)35(27-18-10-5-11-19-27,28-20-12-6-13-21-28)29-22-14-7-15-23-29/h3-23,25,32,37H,1,24H2,2H3/t32?,34-/m1/s1. The monoisotopic (exact) mass is 525 g/mol. The fourth-order valence-corrected chi connectivity index (χ4v) is 6.00. The van der Waals surface area contributed by atoms with Crippen molar-refractivity contribution in [3.8, 4) is 0 Å². The van der Waals surface area contributed by atoms with Gasteiger partial charge >= 0.3 is 5.97 Å². The number of imidazole rings is 1. The molecule has 1 aromatic heterocycles. The molecule has 0 radical (unpaired) electrons. The van der Waals surface area contributed by atoms with E-state index >= 15 is 0 Å². The molecule has 2 atom stereocenters. The largest absolute Gasteiger partial charge is 0.468 e. The van der Waals surface area contributed by atoms with Crippen molar-refractivity contribution in [3.05, 3.63) is 168 Å². The van der Waals surface area contributed by atoms with Crippen molar-refractivity contribution >= 4 is 12.0 Å². The van der Waals surface area contributed by atoms with Crippen LogP contribution in [0, 0.1) is 0 Å². The van der Waals surface area contributed by atoms with Crippen LogP contribution in [0.2, 0.25) is 0 Å². The average molecular weight is 526 g/mol. The van der Waals surface area contributed by atoms with Crippen LogP contribution in [0.5, 0.6) is 0 Å². The van der Waals surface area contributed by atoms with Crippen LogP contribution in [-0.2, 0) is 21.5 Å². The van der Waals surface area contributed by atoms with Gasteiger partial charge in [-0.05, 0) is 28.3 Å². The average Bonchev–Trinajstić information content (AvgIpc) is 3.62. The van der Waals surface area contributed by atoms with Gasteiger partial charge < -0.3 is 9.30 Å². The van der Waals surface area contributed by atoms with Crippen molar-refractivity contribution in [3.63, 3.8) is 0 Å². The van der Waals surface area contributed by atoms with E-state index in [0.29, 0.717) is 12.2 Å². The molecule has 1 unspecified atom stereocenters. The van der Waals surface area contributed by atoms with Crippen LogP contribution >= 0.6 is 0 Å². The highest BCUT2D eigenvalue weighted by molar-refractivity contribution is 5.86. The Morgan fingerprint density at radius 3 is 1.80 bits per heavy atom. The SMILES string of the molecule is C=Cc1nc(C[C@@]2(C(=O)OC)NC2c2ccccc2)cn1C(c1ccccc1)(c1ccccc1)c1ccccc1. The minimum atomic E-state index is -0.886. The molecule has 0 bridgehead atoms. The molecule has 0 amide bonds. The third-order valence-electron chi connectivity index (χ3n) is 7.86. The maximum Gasteiger partial charge on any atom is 0.328 e. The fourth-order valence-electron chi connectivity index (χ4n) is 6.00. The number of aromatic nitrogens is 2. The number of carbonyl (C=O) groups excluding carboxylic acids is 1. The third kappa shape index (κ3) is 4.16. The molecular weight excluding hydrogens is 494 g/mol. The van der Waals surface area contributed by atoms with Gasteiger partial charge in [-0.3, -0.25) is 5.32 Å². The fraction of sp³-hybridized carbons (Fsp3) is 0.143. The molecule has 0 saturated carbocycles. The summed E-state index contributed by atoms with van der Waals surface area (Å²) in [7, 11) is 1.44. The lowest BCUT2D eigenvalue weighted by Crippen LogP contribution is -2.38. The van der Waals surface area contributed by atoms with Crippen LogP contribution in [0.4, 0.5) is 0 Å². The van der Waals surface area contributed by atoms with Gasteiger partial charge in [0, 0.05) is 12.6 Å². The lowest BCUT2D eigenvalue weighted by molar-refractivity contribution is -0.143. The van der Waals surface area contributed by atoms with Crippen molar-refractivity contribution < 1.29 is 9.53 Å². The van der Waals surface area contributed by atoms with E-state index in [0.717, 1.165) is 27.9 Å². The topological polar surface area (TPSA) is 66.1 Å². The van der Waals surface area contributed by atoms with Crippen molar-refractivity contribution in [1.82, 2.24) is 14.9 Å². The summed E-state index contributed by atoms with van der Waals surface area (Å²) < 4.78 is 7.48. The highest BCUT2D eigenvalue weighted by atomic mass is 16.5. The lowest BCUT2D eigenvalue weighted by Gasteiger charge is -2.38. The zero-order chi connectivity index (χ0) is 27.6. The van der Waals surface area contributed by atoms with Crippen molar-refractivity contribution in [2.45, 2.75) is 23.5 Å². The van der Waals surface area contributed by atoms with Gasteiger partial charge in [-0.1, -0.05) is 128 Å². The van der Waals surface area contributed by atoms with E-state index in [2.05, 4.69) is 95.5 Å². The van der Waals surface area contributed by atoms with Gasteiger partial charge in [0.15, 0.2) is 0 Å². The summed E-state index contributed by atoms with van der Waals surface area (Å²) in [5.41, 5.74) is 3.48. The molecule has 1 N–H and O–H groups in total. The Balaban J connectivity index is 1.54. The molecule has 5 aromatic rings. The number of hydrogen-bond acceptors (Lipinski definition) is 4. The van der Waals surface area contributed by atoms with Gasteiger partial charge in [-0.15, -0.1) is 0 Å². The van der Waals surface area contributed by atoms with Crippen molar-refractivity contribution in [2.75, 3.05) is 7.11 Å². The Kier molecular flexibility index (Phi) is 6.66. The van der Waals surface area contributed by atoms with Crippen molar-refractivity contribution in [2.24, 2.45) is 0 Å². The quantitative estimate of drug-likeness (QED) is 0.142. The number of nitrogens with zero attached hydrogens (tertiary/aromatic N) is 2. The molecule has 40 heavy (non-hydrogen) atoms. The zero-order valence-corrected chi connectivity index (χ0v) is 22.4. The first-order valence-electron chi connectivity index (χ1n) is 13.4. The lowest BCUT2D eigenvalue weighted by atomic mass is 9.76. The molecule has 0 spiro atoms. The number of hydrogen-bond donors (Lipinski definition) is 1. The van der Waals surface area contributed by atoms with Gasteiger partial charge in [-0.25, -0.2) is 9.78 Å². The van der Waals surface area contributed by atoms with Crippen LogP contribution in [0.15, 0.2) is 134 Å². The number of methoxy groups -OCH3 is 1. The summed E-state index contributed by atoms with van der Waals surface area (Å²) >= 11 is 0. The van der Waals surface area contributed by atoms with E-state index in [9.17, 15) is 4.79 Å². The predicted octanol–water partition coefficient (Wildman–Crippen LogP) is 6.17. The Bertz CT molecular complexity index is 1520. The Morgan fingerprint density at radius 1 is 0.875 bits per heavy atom. The molecule has 5 nitrogen and oxygen atoms in total. The van der Waals surface area contributed by atoms with Gasteiger partial charge in [0.1, 0.15) is 16.9 Å². The third-order valence-corrected chi connectivity index (χ3v) is 7.86. The summed E-state index contributed by atoms with van der Waals surface area (Å²) in [5.74, 6) is 0.417. The summed E-state index contributed by atoms with van der Waals surface area (Å²) in [5, 5.41) is 3.43. The first-order chi connectivity index (χ1) is 19.6. The van der Waals surface area contributed by atoms with E-state index < -0.39 is 11.1 Å². The van der Waals surface area contributed by atoms with Gasteiger partial charge in [0.05, 0.1) is 18.8 Å². The molecule has 1 fully saturated rings. The minimum absolute atomic E-state index is 0.152. The predicted molar refractivity (Wildman–Crippen MR) is 158 cm³/mol. The first kappa shape index (κ1) is 25.5. The smallest absolute Gasteiger partial charge is 0.328 e. The molecule has 1 aliphatic rings. The number of benzene rings is 4. The second-order valence-corrected chi connectivity index (χ2v) is 10.1. The molecule has 1 aliphatic heterocycles. The van der Waals surface area contributed by atoms with E-state index in [1.807, 2.05) is 48.5 Å². The van der Waals surface area contributed by atoms with Crippen LogP contribution in [0.25, 0.3) is 6.08 Å². The minimum Gasteiger partial charge on any atom is -0.468 e. The molecular formula is C35H31N3O2. The molecule has 2 heterocycles. The maximum absolute atomic E-state index is 13.2. The van der Waals surface area contributed by atoms with Crippen LogP contribution in [-0.4, -0.2) is 28.2 Å². The summed E-state index contributed by atoms with van der Waals surface area (Å²) in [4.78, 5) is 18.2. The number of rotatable bonds is 9. The van der Waals surface area contributed by atoms with Gasteiger partial charge in [-0.2, -0.15) is 0 Å². The molecule has 6 rings (SSSR count). The van der Waals surface area contributed by atoms with E-state index in [-0.39, 0.29) is 12.0 Å². The number of carbonyl (C=O) groups is 1. The normalized spacial score (nSPS) is 18.2. The molecule has 1 saturated heterocycles. The van der Waals surface area contributed by atoms with Crippen LogP contribution in [0.3, 0.4) is 0 Å². The van der Waals surface area contributed by atoms with Crippen LogP contribution < -0.4 is 5.32 Å². The second kappa shape index (κ2) is 10.4. The summed E-state index contributed by atoms with van der Waals surface area (Å²) in [6, 6.07) is 41.2. The Labute approximate surface area is 234 Å². The molecule has 198 valence electrons. The molecule has 4 aromatic carbocycles. The number of nitrogens with one attached hydrogen (secondary N) is 1. The van der Waals surface area contributed by atoms with Gasteiger partial charge in [0.2, 0.25) is 0 Å². The highest BCUT2D eigenvalue weighted by Gasteiger charge is 2.61. The molecule has 5 heteroatoms. The highest BCUT2D eigenvalue weighted by Crippen LogP contribution is 2.46. The van der Waals surface area contributed by atoms with Gasteiger partial charge in [0.25, 0.3) is 0 Å². The number of ether oxygens (including phenoxy) is 1. The van der Waals surface area contributed by atoms with Crippen molar-refractivity contribution in [1.29, 1.82) is 0 Å². The second-order valence-electron chi connectivity index (χ2n) is 10.1. The Hall–Kier alpha value is -4.74. The van der Waals surface area contributed by atoms with E-state index in [1.165, 1.54) is 7.11 Å². The van der Waals surface area contributed by atoms with E-state index in [4.69, 9.17) is 9.72 Å². The maximum atomic E-state index is 13.2. The molecule has 0 aliphatic carbocycles. The van der Waals surface area contributed by atoms with Crippen LogP contribution in [0.1, 0.15) is 39.8 Å².